The van der Waals surface area contributed by atoms with Crippen LogP contribution >= 0.6 is 11.3 Å². The highest BCUT2D eigenvalue weighted by molar-refractivity contribution is 7.26. The van der Waals surface area contributed by atoms with Crippen LogP contribution in [0.2, 0.25) is 0 Å². The lowest BCUT2D eigenvalue weighted by molar-refractivity contribution is 0.669. The first-order valence-electron chi connectivity index (χ1n) is 17.0. The molecule has 0 bridgehead atoms. The topological polar surface area (TPSA) is 51.8 Å². The summed E-state index contributed by atoms with van der Waals surface area (Å²) in [5.41, 5.74) is 10.2. The lowest BCUT2D eigenvalue weighted by Gasteiger charge is -2.10. The highest BCUT2D eigenvalue weighted by Crippen LogP contribution is 2.41. The Bertz CT molecular complexity index is 2940. The van der Waals surface area contributed by atoms with Gasteiger partial charge in [0.15, 0.2) is 17.5 Å². The number of furan rings is 1. The Hall–Kier alpha value is -6.43. The van der Waals surface area contributed by atoms with Crippen molar-refractivity contribution in [2.24, 2.45) is 0 Å². The van der Waals surface area contributed by atoms with Gasteiger partial charge in [0.2, 0.25) is 0 Å². The Morgan fingerprint density at radius 1 is 0.431 bits per heavy atom. The van der Waals surface area contributed by atoms with Crippen molar-refractivity contribution in [1.82, 2.24) is 15.0 Å². The maximum absolute atomic E-state index is 6.50. The van der Waals surface area contributed by atoms with E-state index in [0.717, 1.165) is 65.6 Å². The van der Waals surface area contributed by atoms with Crippen molar-refractivity contribution in [2.75, 3.05) is 0 Å². The van der Waals surface area contributed by atoms with E-state index in [9.17, 15) is 0 Å². The SMILES string of the molecule is Cc1cccc(-c2cccc(-c3nc(-c4ccc5c(c4)oc4cccc(-c6ccccc6)c45)nc(-c4cccc5c4sc4ccccc45)n3)c2)c1. The Kier molecular flexibility index (Phi) is 6.86. The molecule has 0 amide bonds. The first-order chi connectivity index (χ1) is 25.2. The fourth-order valence-corrected chi connectivity index (χ4v) is 8.38. The van der Waals surface area contributed by atoms with Crippen LogP contribution in [0.15, 0.2) is 162 Å². The van der Waals surface area contributed by atoms with E-state index in [1.54, 1.807) is 11.3 Å². The van der Waals surface area contributed by atoms with Gasteiger partial charge in [-0.05, 0) is 65.6 Å². The third-order valence-corrected chi connectivity index (χ3v) is 10.8. The van der Waals surface area contributed by atoms with Gasteiger partial charge < -0.3 is 4.42 Å². The predicted molar refractivity (Wildman–Crippen MR) is 212 cm³/mol. The molecular weight excluding hydrogens is 643 g/mol. The Labute approximate surface area is 298 Å². The monoisotopic (exact) mass is 671 g/mol. The van der Waals surface area contributed by atoms with Crippen LogP contribution < -0.4 is 0 Å². The number of aryl methyl sites for hydroxylation is 1. The smallest absolute Gasteiger partial charge is 0.165 e. The van der Waals surface area contributed by atoms with E-state index in [1.807, 2.05) is 12.1 Å². The lowest BCUT2D eigenvalue weighted by atomic mass is 9.99. The van der Waals surface area contributed by atoms with Crippen molar-refractivity contribution in [1.29, 1.82) is 0 Å². The molecule has 3 aromatic heterocycles. The fraction of sp³-hybridized carbons (Fsp3) is 0.0217. The molecule has 0 saturated carbocycles. The maximum Gasteiger partial charge on any atom is 0.165 e. The summed E-state index contributed by atoms with van der Waals surface area (Å²) in [6, 6.07) is 55.0. The molecule has 0 radical (unpaired) electrons. The first-order valence-corrected chi connectivity index (χ1v) is 17.8. The second-order valence-electron chi connectivity index (χ2n) is 12.9. The number of hydrogen-bond acceptors (Lipinski definition) is 5. The van der Waals surface area contributed by atoms with Gasteiger partial charge in [0, 0.05) is 47.6 Å². The standard InChI is InChI=1S/C46H29N3OS/c1-28-11-7-14-30(25-28)31-15-8-16-32(26-31)44-47-45(49-46(48-44)38-20-9-19-36-35-17-5-6-22-41(35)51-43(36)38)33-23-24-37-40(27-33)50-39-21-10-18-34(42(37)39)29-12-3-2-4-13-29/h2-27H,1H3. The summed E-state index contributed by atoms with van der Waals surface area (Å²) in [6.45, 7) is 2.12. The Morgan fingerprint density at radius 2 is 1.08 bits per heavy atom. The van der Waals surface area contributed by atoms with E-state index < -0.39 is 0 Å². The molecule has 0 N–H and O–H groups in total. The highest BCUT2D eigenvalue weighted by Gasteiger charge is 2.19. The van der Waals surface area contributed by atoms with E-state index in [0.29, 0.717) is 17.5 Å². The number of fused-ring (bicyclic) bond motifs is 6. The normalized spacial score (nSPS) is 11.6. The summed E-state index contributed by atoms with van der Waals surface area (Å²) in [7, 11) is 0. The molecule has 0 unspecified atom stereocenters. The molecule has 3 heterocycles. The van der Waals surface area contributed by atoms with E-state index in [-0.39, 0.29) is 0 Å². The average Bonchev–Trinajstić information content (AvgIpc) is 3.76. The van der Waals surface area contributed by atoms with Crippen molar-refractivity contribution in [3.63, 3.8) is 0 Å². The van der Waals surface area contributed by atoms with Gasteiger partial charge in [0.1, 0.15) is 11.2 Å². The van der Waals surface area contributed by atoms with Crippen molar-refractivity contribution >= 4 is 53.4 Å². The summed E-state index contributed by atoms with van der Waals surface area (Å²) in [5.74, 6) is 1.86. The van der Waals surface area contributed by atoms with Gasteiger partial charge in [0.05, 0.1) is 0 Å². The number of hydrogen-bond donors (Lipinski definition) is 0. The minimum atomic E-state index is 0.597. The molecule has 0 spiro atoms. The molecule has 0 atom stereocenters. The third kappa shape index (κ3) is 5.09. The number of nitrogens with zero attached hydrogens (tertiary/aromatic N) is 3. The van der Waals surface area contributed by atoms with Crippen LogP contribution in [-0.4, -0.2) is 15.0 Å². The molecule has 0 aliphatic rings. The van der Waals surface area contributed by atoms with Gasteiger partial charge >= 0.3 is 0 Å². The minimum Gasteiger partial charge on any atom is -0.456 e. The second kappa shape index (κ2) is 11.9. The van der Waals surface area contributed by atoms with Gasteiger partial charge in [-0.25, -0.2) is 15.0 Å². The number of aromatic nitrogens is 3. The molecule has 10 rings (SSSR count). The maximum atomic E-state index is 6.50. The summed E-state index contributed by atoms with van der Waals surface area (Å²) in [4.78, 5) is 15.5. The van der Waals surface area contributed by atoms with Crippen LogP contribution in [0, 0.1) is 6.92 Å². The molecule has 5 heteroatoms. The molecule has 51 heavy (non-hydrogen) atoms. The zero-order chi connectivity index (χ0) is 33.9. The van der Waals surface area contributed by atoms with E-state index in [1.165, 1.54) is 21.0 Å². The second-order valence-corrected chi connectivity index (χ2v) is 13.9. The zero-order valence-corrected chi connectivity index (χ0v) is 28.5. The number of benzene rings is 7. The van der Waals surface area contributed by atoms with Crippen LogP contribution in [0.5, 0.6) is 0 Å². The minimum absolute atomic E-state index is 0.597. The van der Waals surface area contributed by atoms with Crippen LogP contribution in [0.1, 0.15) is 5.56 Å². The third-order valence-electron chi connectivity index (χ3n) is 9.59. The lowest BCUT2D eigenvalue weighted by Crippen LogP contribution is -2.00. The Morgan fingerprint density at radius 3 is 1.94 bits per heavy atom. The van der Waals surface area contributed by atoms with Crippen LogP contribution in [0.3, 0.4) is 0 Å². The van der Waals surface area contributed by atoms with Crippen molar-refractivity contribution in [3.8, 4) is 56.4 Å². The molecule has 0 aliphatic carbocycles. The summed E-state index contributed by atoms with van der Waals surface area (Å²) in [6.07, 6.45) is 0. The highest BCUT2D eigenvalue weighted by atomic mass is 32.1. The Balaban J connectivity index is 1.18. The van der Waals surface area contributed by atoms with Gasteiger partial charge in [-0.2, -0.15) is 0 Å². The molecule has 10 aromatic rings. The van der Waals surface area contributed by atoms with Gasteiger partial charge in [0.25, 0.3) is 0 Å². The fourth-order valence-electron chi connectivity index (χ4n) is 7.16. The van der Waals surface area contributed by atoms with Crippen LogP contribution in [0.25, 0.3) is 98.5 Å². The van der Waals surface area contributed by atoms with Gasteiger partial charge in [-0.1, -0.05) is 127 Å². The summed E-state index contributed by atoms with van der Waals surface area (Å²) >= 11 is 1.78. The zero-order valence-electron chi connectivity index (χ0n) is 27.7. The number of thiophene rings is 1. The molecule has 0 fully saturated rings. The van der Waals surface area contributed by atoms with E-state index in [2.05, 4.69) is 153 Å². The molecule has 0 aliphatic heterocycles. The van der Waals surface area contributed by atoms with Crippen LogP contribution in [0.4, 0.5) is 0 Å². The largest absolute Gasteiger partial charge is 0.456 e. The predicted octanol–water partition coefficient (Wildman–Crippen LogP) is 12.8. The molecule has 0 saturated heterocycles. The van der Waals surface area contributed by atoms with Crippen molar-refractivity contribution in [2.45, 2.75) is 6.92 Å². The number of rotatable bonds is 5. The summed E-state index contributed by atoms with van der Waals surface area (Å²) < 4.78 is 8.91. The summed E-state index contributed by atoms with van der Waals surface area (Å²) in [5, 5.41) is 4.61. The molecular formula is C46H29N3OS. The average molecular weight is 672 g/mol. The van der Waals surface area contributed by atoms with Gasteiger partial charge in [-0.3, -0.25) is 0 Å². The van der Waals surface area contributed by atoms with E-state index in [4.69, 9.17) is 19.4 Å². The van der Waals surface area contributed by atoms with E-state index >= 15 is 0 Å². The molecule has 4 nitrogen and oxygen atoms in total. The quantitative estimate of drug-likeness (QED) is 0.183. The molecule has 7 aromatic carbocycles. The van der Waals surface area contributed by atoms with Crippen LogP contribution in [-0.2, 0) is 0 Å². The first kappa shape index (κ1) is 29.5. The molecule has 240 valence electrons. The van der Waals surface area contributed by atoms with Gasteiger partial charge in [-0.15, -0.1) is 11.3 Å². The van der Waals surface area contributed by atoms with Crippen molar-refractivity contribution in [3.05, 3.63) is 163 Å². The van der Waals surface area contributed by atoms with Crippen molar-refractivity contribution < 1.29 is 4.42 Å².